The highest BCUT2D eigenvalue weighted by molar-refractivity contribution is 5.32. The van der Waals surface area contributed by atoms with E-state index in [0.717, 1.165) is 0 Å². The van der Waals surface area contributed by atoms with Gasteiger partial charge in [0, 0.05) is 6.04 Å². The largest absolute Gasteiger partial charge is 0.296 e. The van der Waals surface area contributed by atoms with E-state index in [0.29, 0.717) is 6.04 Å². The van der Waals surface area contributed by atoms with E-state index in [1.807, 2.05) is 0 Å². The molecule has 0 amide bonds. The van der Waals surface area contributed by atoms with E-state index in [2.05, 4.69) is 43.0 Å². The van der Waals surface area contributed by atoms with Gasteiger partial charge >= 0.3 is 0 Å². The summed E-state index contributed by atoms with van der Waals surface area (Å²) in [6, 6.07) is 9.73. The van der Waals surface area contributed by atoms with E-state index in [1.165, 1.54) is 45.2 Å². The standard InChI is InChI=1S/C16H25N/c1-3-12-17(13-4-2)16-11-7-9-14-8-5-6-10-15(14)16/h5-6,8,10,16H,3-4,7,9,11-13H2,1-2H3. The molecule has 0 bridgehead atoms. The molecule has 0 N–H and O–H groups in total. The molecule has 0 saturated carbocycles. The highest BCUT2D eigenvalue weighted by Crippen LogP contribution is 2.34. The van der Waals surface area contributed by atoms with E-state index >= 15 is 0 Å². The van der Waals surface area contributed by atoms with Crippen molar-refractivity contribution in [1.82, 2.24) is 4.90 Å². The van der Waals surface area contributed by atoms with Crippen molar-refractivity contribution < 1.29 is 0 Å². The van der Waals surface area contributed by atoms with Crippen LogP contribution in [0.25, 0.3) is 0 Å². The van der Waals surface area contributed by atoms with E-state index < -0.39 is 0 Å². The highest BCUT2D eigenvalue weighted by Gasteiger charge is 2.24. The Morgan fingerprint density at radius 2 is 1.82 bits per heavy atom. The number of benzene rings is 1. The van der Waals surface area contributed by atoms with Crippen molar-refractivity contribution in [2.45, 2.75) is 52.0 Å². The number of hydrogen-bond acceptors (Lipinski definition) is 1. The zero-order chi connectivity index (χ0) is 12.1. The third-order valence-electron chi connectivity index (χ3n) is 3.80. The molecule has 17 heavy (non-hydrogen) atoms. The maximum atomic E-state index is 2.69. The normalized spacial score (nSPS) is 19.4. The highest BCUT2D eigenvalue weighted by atomic mass is 15.1. The van der Waals surface area contributed by atoms with Crippen molar-refractivity contribution in [2.24, 2.45) is 0 Å². The predicted molar refractivity (Wildman–Crippen MR) is 74.3 cm³/mol. The van der Waals surface area contributed by atoms with Gasteiger partial charge in [0.2, 0.25) is 0 Å². The van der Waals surface area contributed by atoms with Crippen molar-refractivity contribution in [3.63, 3.8) is 0 Å². The topological polar surface area (TPSA) is 3.24 Å². The van der Waals surface area contributed by atoms with Crippen LogP contribution in [0, 0.1) is 0 Å². The molecule has 2 rings (SSSR count). The Hall–Kier alpha value is -0.820. The maximum Gasteiger partial charge on any atom is 0.0350 e. The van der Waals surface area contributed by atoms with Crippen molar-refractivity contribution >= 4 is 0 Å². The zero-order valence-electron chi connectivity index (χ0n) is 11.3. The van der Waals surface area contributed by atoms with E-state index in [-0.39, 0.29) is 0 Å². The SMILES string of the molecule is CCCN(CCC)C1CCCc2ccccc21. The van der Waals surface area contributed by atoms with Crippen LogP contribution in [0.1, 0.15) is 56.7 Å². The van der Waals surface area contributed by atoms with Gasteiger partial charge in [-0.3, -0.25) is 4.90 Å². The predicted octanol–water partition coefficient (Wildman–Crippen LogP) is 4.19. The molecular formula is C16H25N. The lowest BCUT2D eigenvalue weighted by Crippen LogP contribution is -2.32. The van der Waals surface area contributed by atoms with E-state index in [9.17, 15) is 0 Å². The van der Waals surface area contributed by atoms with Crippen LogP contribution in [0.4, 0.5) is 0 Å². The van der Waals surface area contributed by atoms with Gasteiger partial charge in [0.1, 0.15) is 0 Å². The van der Waals surface area contributed by atoms with Gasteiger partial charge in [0.05, 0.1) is 0 Å². The van der Waals surface area contributed by atoms with Crippen molar-refractivity contribution in [1.29, 1.82) is 0 Å². The fraction of sp³-hybridized carbons (Fsp3) is 0.625. The first-order valence-electron chi connectivity index (χ1n) is 7.18. The van der Waals surface area contributed by atoms with E-state index in [4.69, 9.17) is 0 Å². The van der Waals surface area contributed by atoms with Crippen LogP contribution < -0.4 is 0 Å². The summed E-state index contributed by atoms with van der Waals surface area (Å²) >= 11 is 0. The molecule has 0 spiro atoms. The molecule has 0 fully saturated rings. The van der Waals surface area contributed by atoms with Crippen molar-refractivity contribution in [3.8, 4) is 0 Å². The van der Waals surface area contributed by atoms with Gasteiger partial charge in [-0.2, -0.15) is 0 Å². The lowest BCUT2D eigenvalue weighted by atomic mass is 9.86. The number of aryl methyl sites for hydroxylation is 1. The fourth-order valence-corrected chi connectivity index (χ4v) is 3.11. The summed E-state index contributed by atoms with van der Waals surface area (Å²) in [4.78, 5) is 2.69. The Morgan fingerprint density at radius 1 is 1.12 bits per heavy atom. The molecule has 1 heteroatoms. The lowest BCUT2D eigenvalue weighted by molar-refractivity contribution is 0.179. The first kappa shape index (κ1) is 12.6. The van der Waals surface area contributed by atoms with Crippen LogP contribution in [0.2, 0.25) is 0 Å². The van der Waals surface area contributed by atoms with Gasteiger partial charge < -0.3 is 0 Å². The average Bonchev–Trinajstić information content (AvgIpc) is 2.38. The second kappa shape index (κ2) is 6.20. The Bertz CT molecular complexity index is 339. The zero-order valence-corrected chi connectivity index (χ0v) is 11.3. The van der Waals surface area contributed by atoms with Crippen LogP contribution in [-0.2, 0) is 6.42 Å². The molecule has 1 atom stereocenters. The first-order chi connectivity index (χ1) is 8.36. The molecule has 1 aromatic carbocycles. The van der Waals surface area contributed by atoms with Crippen LogP contribution in [0.15, 0.2) is 24.3 Å². The molecule has 1 aromatic rings. The molecule has 1 unspecified atom stereocenters. The number of nitrogens with zero attached hydrogens (tertiary/aromatic N) is 1. The molecule has 0 aromatic heterocycles. The third kappa shape index (κ3) is 2.90. The van der Waals surface area contributed by atoms with Crippen LogP contribution in [0.5, 0.6) is 0 Å². The molecular weight excluding hydrogens is 206 g/mol. The van der Waals surface area contributed by atoms with Gasteiger partial charge in [-0.05, 0) is 56.3 Å². The Labute approximate surface area is 106 Å². The summed E-state index contributed by atoms with van der Waals surface area (Å²) in [5.74, 6) is 0. The molecule has 0 radical (unpaired) electrons. The van der Waals surface area contributed by atoms with Crippen molar-refractivity contribution in [2.75, 3.05) is 13.1 Å². The van der Waals surface area contributed by atoms with Gasteiger partial charge in [-0.15, -0.1) is 0 Å². The molecule has 94 valence electrons. The molecule has 0 saturated heterocycles. The monoisotopic (exact) mass is 231 g/mol. The summed E-state index contributed by atoms with van der Waals surface area (Å²) in [6.07, 6.45) is 6.50. The molecule has 0 heterocycles. The maximum absolute atomic E-state index is 2.69. The van der Waals surface area contributed by atoms with E-state index in [1.54, 1.807) is 11.1 Å². The fourth-order valence-electron chi connectivity index (χ4n) is 3.11. The van der Waals surface area contributed by atoms with Gasteiger partial charge in [-0.1, -0.05) is 38.1 Å². The molecule has 0 aliphatic heterocycles. The second-order valence-electron chi connectivity index (χ2n) is 5.14. The molecule has 1 nitrogen and oxygen atoms in total. The van der Waals surface area contributed by atoms with Crippen LogP contribution >= 0.6 is 0 Å². The summed E-state index contributed by atoms with van der Waals surface area (Å²) in [5, 5.41) is 0. The minimum Gasteiger partial charge on any atom is -0.296 e. The smallest absolute Gasteiger partial charge is 0.0350 e. The summed E-state index contributed by atoms with van der Waals surface area (Å²) in [6.45, 7) is 7.06. The Balaban J connectivity index is 2.20. The first-order valence-corrected chi connectivity index (χ1v) is 7.18. The second-order valence-corrected chi connectivity index (χ2v) is 5.14. The molecule has 1 aliphatic rings. The minimum absolute atomic E-state index is 0.680. The number of rotatable bonds is 5. The molecule has 1 aliphatic carbocycles. The Kier molecular flexibility index (Phi) is 4.61. The number of hydrogen-bond donors (Lipinski definition) is 0. The van der Waals surface area contributed by atoms with Crippen LogP contribution in [0.3, 0.4) is 0 Å². The average molecular weight is 231 g/mol. The third-order valence-corrected chi connectivity index (χ3v) is 3.80. The minimum atomic E-state index is 0.680. The summed E-state index contributed by atoms with van der Waals surface area (Å²) in [7, 11) is 0. The Morgan fingerprint density at radius 3 is 2.53 bits per heavy atom. The van der Waals surface area contributed by atoms with Crippen molar-refractivity contribution in [3.05, 3.63) is 35.4 Å². The number of fused-ring (bicyclic) bond motifs is 1. The lowest BCUT2D eigenvalue weighted by Gasteiger charge is -2.35. The van der Waals surface area contributed by atoms with Gasteiger partial charge in [0.15, 0.2) is 0 Å². The summed E-state index contributed by atoms with van der Waals surface area (Å²) in [5.41, 5.74) is 3.18. The summed E-state index contributed by atoms with van der Waals surface area (Å²) < 4.78 is 0. The quantitative estimate of drug-likeness (QED) is 0.734. The van der Waals surface area contributed by atoms with Crippen LogP contribution in [-0.4, -0.2) is 18.0 Å². The van der Waals surface area contributed by atoms with Gasteiger partial charge in [-0.25, -0.2) is 0 Å². The van der Waals surface area contributed by atoms with Gasteiger partial charge in [0.25, 0.3) is 0 Å².